The molecular formula is C19H18ClN5. The summed E-state index contributed by atoms with van der Waals surface area (Å²) in [7, 11) is 4.02. The molecule has 25 heavy (non-hydrogen) atoms. The van der Waals surface area contributed by atoms with Gasteiger partial charge in [-0.05, 0) is 20.2 Å². The number of hydrogen-bond acceptors (Lipinski definition) is 4. The van der Waals surface area contributed by atoms with Crippen molar-refractivity contribution in [2.45, 2.75) is 13.1 Å². The maximum atomic E-state index is 6.62. The van der Waals surface area contributed by atoms with Crippen LogP contribution < -0.4 is 0 Å². The van der Waals surface area contributed by atoms with Gasteiger partial charge < -0.3 is 4.90 Å². The number of halogens is 1. The molecule has 4 rings (SSSR count). The Morgan fingerprint density at radius 1 is 1.04 bits per heavy atom. The number of rotatable bonds is 3. The van der Waals surface area contributed by atoms with Crippen LogP contribution in [0.15, 0.2) is 53.5 Å². The van der Waals surface area contributed by atoms with Gasteiger partial charge in [0.1, 0.15) is 6.54 Å². The molecule has 0 unspecified atom stereocenters. The molecule has 2 heterocycles. The quantitative estimate of drug-likeness (QED) is 0.727. The van der Waals surface area contributed by atoms with Crippen LogP contribution in [0.1, 0.15) is 22.8 Å². The zero-order chi connectivity index (χ0) is 17.4. The van der Waals surface area contributed by atoms with Gasteiger partial charge in [-0.2, -0.15) is 0 Å². The van der Waals surface area contributed by atoms with Gasteiger partial charge in [0.15, 0.2) is 11.6 Å². The minimum absolute atomic E-state index is 0.468. The number of nitrogens with zero attached hydrogens (tertiary/aromatic N) is 5. The summed E-state index contributed by atoms with van der Waals surface area (Å²) in [5.41, 5.74) is 3.90. The molecule has 0 saturated heterocycles. The summed E-state index contributed by atoms with van der Waals surface area (Å²) in [4.78, 5) is 6.90. The third-order valence-corrected chi connectivity index (χ3v) is 4.45. The van der Waals surface area contributed by atoms with Crippen LogP contribution in [0, 0.1) is 0 Å². The molecule has 3 aromatic rings. The first-order chi connectivity index (χ1) is 12.1. The van der Waals surface area contributed by atoms with E-state index in [1.54, 1.807) is 0 Å². The van der Waals surface area contributed by atoms with Crippen LogP contribution in [0.2, 0.25) is 5.02 Å². The summed E-state index contributed by atoms with van der Waals surface area (Å²) in [6, 6.07) is 16.1. The van der Waals surface area contributed by atoms with Gasteiger partial charge in [0.25, 0.3) is 0 Å². The highest BCUT2D eigenvalue weighted by molar-refractivity contribution is 6.33. The van der Waals surface area contributed by atoms with E-state index in [0.29, 0.717) is 18.1 Å². The summed E-state index contributed by atoms with van der Waals surface area (Å²) in [5.74, 6) is 1.66. The van der Waals surface area contributed by atoms with E-state index < -0.39 is 0 Å². The third-order valence-electron chi connectivity index (χ3n) is 4.15. The van der Waals surface area contributed by atoms with Crippen LogP contribution in [-0.4, -0.2) is 39.5 Å². The normalized spacial score (nSPS) is 13.2. The fraction of sp³-hybridized carbons (Fsp3) is 0.211. The maximum absolute atomic E-state index is 6.62. The Labute approximate surface area is 151 Å². The first-order valence-electron chi connectivity index (χ1n) is 8.12. The summed E-state index contributed by atoms with van der Waals surface area (Å²) in [6.45, 7) is 1.15. The van der Waals surface area contributed by atoms with E-state index in [1.807, 2.05) is 44.4 Å². The van der Waals surface area contributed by atoms with E-state index in [9.17, 15) is 0 Å². The monoisotopic (exact) mass is 351 g/mol. The van der Waals surface area contributed by atoms with E-state index in [4.69, 9.17) is 16.6 Å². The number of fused-ring (bicyclic) bond motifs is 3. The van der Waals surface area contributed by atoms with Gasteiger partial charge >= 0.3 is 0 Å². The molecule has 0 atom stereocenters. The summed E-state index contributed by atoms with van der Waals surface area (Å²) in [5, 5.41) is 9.39. The number of benzene rings is 2. The molecule has 0 fully saturated rings. The molecule has 0 N–H and O–H groups in total. The van der Waals surface area contributed by atoms with Crippen molar-refractivity contribution in [3.63, 3.8) is 0 Å². The summed E-state index contributed by atoms with van der Waals surface area (Å²) < 4.78 is 2.05. The SMILES string of the molecule is CN(C)Cc1nnc2n1-c1c(Cl)cccc1C(c1ccccc1)=NC2. The van der Waals surface area contributed by atoms with Gasteiger partial charge in [-0.25, -0.2) is 0 Å². The summed E-state index contributed by atoms with van der Waals surface area (Å²) in [6.07, 6.45) is 0. The smallest absolute Gasteiger partial charge is 0.159 e. The Kier molecular flexibility index (Phi) is 4.11. The van der Waals surface area contributed by atoms with Gasteiger partial charge in [0.05, 0.1) is 23.0 Å². The Hall–Kier alpha value is -2.50. The number of para-hydroxylation sites is 1. The fourth-order valence-corrected chi connectivity index (χ4v) is 3.37. The van der Waals surface area contributed by atoms with Crippen molar-refractivity contribution in [1.29, 1.82) is 0 Å². The number of aromatic nitrogens is 3. The lowest BCUT2D eigenvalue weighted by Gasteiger charge is -2.16. The van der Waals surface area contributed by atoms with Gasteiger partial charge in [0.2, 0.25) is 0 Å². The second-order valence-corrected chi connectivity index (χ2v) is 6.68. The molecule has 0 radical (unpaired) electrons. The highest BCUT2D eigenvalue weighted by Gasteiger charge is 2.24. The Balaban J connectivity index is 1.96. The Morgan fingerprint density at radius 3 is 2.60 bits per heavy atom. The molecule has 0 bridgehead atoms. The van der Waals surface area contributed by atoms with Crippen LogP contribution in [0.3, 0.4) is 0 Å². The second-order valence-electron chi connectivity index (χ2n) is 6.27. The molecule has 1 aliphatic rings. The highest BCUT2D eigenvalue weighted by atomic mass is 35.5. The molecule has 0 amide bonds. The minimum Gasteiger partial charge on any atom is -0.302 e. The topological polar surface area (TPSA) is 46.3 Å². The van der Waals surface area contributed by atoms with Crippen molar-refractivity contribution in [2.75, 3.05) is 14.1 Å². The molecule has 1 aromatic heterocycles. The van der Waals surface area contributed by atoms with Crippen molar-refractivity contribution in [1.82, 2.24) is 19.7 Å². The molecular weight excluding hydrogens is 334 g/mol. The number of aliphatic imine (C=N–C) groups is 1. The first kappa shape index (κ1) is 16.0. The van der Waals surface area contributed by atoms with Crippen LogP contribution in [0.4, 0.5) is 0 Å². The first-order valence-corrected chi connectivity index (χ1v) is 8.50. The Bertz CT molecular complexity index is 944. The van der Waals surface area contributed by atoms with E-state index >= 15 is 0 Å². The van der Waals surface area contributed by atoms with Gasteiger partial charge in [0, 0.05) is 11.1 Å². The van der Waals surface area contributed by atoms with Crippen LogP contribution in [0.25, 0.3) is 5.69 Å². The molecule has 5 nitrogen and oxygen atoms in total. The molecule has 126 valence electrons. The zero-order valence-corrected chi connectivity index (χ0v) is 14.9. The summed E-state index contributed by atoms with van der Waals surface area (Å²) >= 11 is 6.62. The van der Waals surface area contributed by atoms with Crippen molar-refractivity contribution in [2.24, 2.45) is 4.99 Å². The van der Waals surface area contributed by atoms with Crippen molar-refractivity contribution >= 4 is 17.3 Å². The van der Waals surface area contributed by atoms with Crippen molar-refractivity contribution < 1.29 is 0 Å². The molecule has 6 heteroatoms. The molecule has 2 aromatic carbocycles. The third kappa shape index (κ3) is 2.86. The highest BCUT2D eigenvalue weighted by Crippen LogP contribution is 2.31. The van der Waals surface area contributed by atoms with Gasteiger partial charge in [-0.3, -0.25) is 9.56 Å². The van der Waals surface area contributed by atoms with Crippen molar-refractivity contribution in [3.8, 4) is 5.69 Å². The van der Waals surface area contributed by atoms with E-state index in [-0.39, 0.29) is 0 Å². The van der Waals surface area contributed by atoms with E-state index in [1.165, 1.54) is 0 Å². The standard InChI is InChI=1S/C19H18ClN5/c1-24(2)12-17-23-22-16-11-21-18(13-7-4-3-5-8-13)14-9-6-10-15(20)19(14)25(16)17/h3-10H,11-12H2,1-2H3. The van der Waals surface area contributed by atoms with E-state index in [2.05, 4.69) is 37.9 Å². The largest absolute Gasteiger partial charge is 0.302 e. The minimum atomic E-state index is 0.468. The lowest BCUT2D eigenvalue weighted by atomic mass is 10.0. The average molecular weight is 352 g/mol. The predicted molar refractivity (Wildman–Crippen MR) is 99.5 cm³/mol. The zero-order valence-electron chi connectivity index (χ0n) is 14.1. The molecule has 0 spiro atoms. The molecule has 0 aliphatic carbocycles. The van der Waals surface area contributed by atoms with Crippen molar-refractivity contribution in [3.05, 3.63) is 76.3 Å². The lowest BCUT2D eigenvalue weighted by molar-refractivity contribution is 0.387. The molecule has 0 saturated carbocycles. The van der Waals surface area contributed by atoms with E-state index in [0.717, 1.165) is 34.2 Å². The van der Waals surface area contributed by atoms with Gasteiger partial charge in [-0.15, -0.1) is 10.2 Å². The van der Waals surface area contributed by atoms with Gasteiger partial charge in [-0.1, -0.05) is 54.1 Å². The Morgan fingerprint density at radius 2 is 1.84 bits per heavy atom. The second kappa shape index (κ2) is 6.43. The maximum Gasteiger partial charge on any atom is 0.159 e. The fourth-order valence-electron chi connectivity index (χ4n) is 3.11. The van der Waals surface area contributed by atoms with Crippen LogP contribution in [-0.2, 0) is 13.1 Å². The molecule has 1 aliphatic heterocycles. The predicted octanol–water partition coefficient (Wildman–Crippen LogP) is 3.33. The average Bonchev–Trinajstić information content (AvgIpc) is 2.89. The van der Waals surface area contributed by atoms with Crippen LogP contribution >= 0.6 is 11.6 Å². The lowest BCUT2D eigenvalue weighted by Crippen LogP contribution is -2.17. The number of hydrogen-bond donors (Lipinski definition) is 0. The van der Waals surface area contributed by atoms with Crippen LogP contribution in [0.5, 0.6) is 0 Å².